The Morgan fingerprint density at radius 1 is 1.19 bits per heavy atom. The molecule has 4 saturated heterocycles. The number of aromatic nitrogens is 2. The largest absolute Gasteiger partial charge is 1.00 e. The summed E-state index contributed by atoms with van der Waals surface area (Å²) in [4.78, 5) is 90.8. The molecular weight excluding hydrogens is 843 g/mol. The number of nitrogen functional groups attached to an aromatic ring is 1. The van der Waals surface area contributed by atoms with E-state index in [0.29, 0.717) is 55.5 Å². The number of fused-ring (bicyclic) bond motifs is 5. The maximum Gasteiger partial charge on any atom is 1.00 e. The summed E-state index contributed by atoms with van der Waals surface area (Å²) >= 11 is 8.42. The number of amides is 3. The van der Waals surface area contributed by atoms with Gasteiger partial charge in [0, 0.05) is 59.7 Å². The second-order valence-electron chi connectivity index (χ2n) is 15.5. The molecule has 5 aliphatic rings. The first-order valence-electron chi connectivity index (χ1n) is 18.1. The number of H-pyrrole nitrogens is 1. The molecule has 3 atom stereocenters. The SMILES string of the molecule is C[C@@H]1S[C@@H]2[C@H](NC(=O)/C(=N\OC(C)(C)C(=O)[O-])c3csc(N)n3)C(=O)N2C(C(=O)[O-])=C1C[N+]12CCC(CNC(=O)c3c[nH]c4cc(O)c(O)c(Cl)c4c3=O)(CC1)CC2.[Na+]. The summed E-state index contributed by atoms with van der Waals surface area (Å²) in [5.41, 5.74) is 2.62. The van der Waals surface area contributed by atoms with Gasteiger partial charge in [0.1, 0.15) is 29.2 Å². The van der Waals surface area contributed by atoms with Crippen molar-refractivity contribution in [3.8, 4) is 11.5 Å². The number of benzene rings is 1. The number of hydrogen-bond acceptors (Lipinski definition) is 16. The molecule has 23 heteroatoms. The number of phenols is 2. The van der Waals surface area contributed by atoms with Crippen LogP contribution in [0.15, 0.2) is 38.9 Å². The summed E-state index contributed by atoms with van der Waals surface area (Å²) in [5.74, 6) is -6.53. The predicted molar refractivity (Wildman–Crippen MR) is 206 cm³/mol. The fourth-order valence-electron chi connectivity index (χ4n) is 7.89. The molecule has 7 N–H and O–H groups in total. The van der Waals surface area contributed by atoms with Gasteiger partial charge in [-0.1, -0.05) is 16.8 Å². The van der Waals surface area contributed by atoms with E-state index in [2.05, 4.69) is 25.8 Å². The van der Waals surface area contributed by atoms with Crippen molar-refractivity contribution in [1.29, 1.82) is 0 Å². The first-order valence-corrected chi connectivity index (χ1v) is 20.3. The maximum atomic E-state index is 13.6. The Balaban J connectivity index is 0.00000585. The molecule has 0 radical (unpaired) electrons. The summed E-state index contributed by atoms with van der Waals surface area (Å²) in [7, 11) is 0. The average Bonchev–Trinajstić information content (AvgIpc) is 3.61. The minimum Gasteiger partial charge on any atom is -0.546 e. The van der Waals surface area contributed by atoms with Crippen molar-refractivity contribution in [1.82, 2.24) is 25.5 Å². The van der Waals surface area contributed by atoms with Crippen molar-refractivity contribution in [2.45, 2.75) is 62.3 Å². The van der Waals surface area contributed by atoms with Crippen LogP contribution in [0.4, 0.5) is 5.13 Å². The number of nitrogens with zero attached hydrogens (tertiary/aromatic N) is 4. The molecule has 59 heavy (non-hydrogen) atoms. The number of carboxylic acids is 2. The van der Waals surface area contributed by atoms with Gasteiger partial charge in [-0.25, -0.2) is 4.98 Å². The standard InChI is InChI=1S/C36H39ClN8O11S2.Na/c1-15-17(12-45-7-4-36(5-8-45,6-9-45)14-40-28(49)16-11-39-18-10-20(46)27(48)22(37)21(18)26(16)47)25(32(52)53)44-30(51)24(31(44)58-15)42-29(50)23(19-13-57-34(38)41-19)43-56-35(2,3)33(54)55;/h10-11,13,15,24,31H,4-9,12,14H2,1-3H3,(H8-,38,39,40,41,42,43,46,47,48,49,50,52,53,54,55);/q;+1/p-1/t15-,24+,31+,36?,45?;/m0./s1. The zero-order valence-electron chi connectivity index (χ0n) is 32.3. The molecule has 8 rings (SSSR count). The van der Waals surface area contributed by atoms with Crippen LogP contribution in [0.1, 0.15) is 56.1 Å². The number of hydrogen-bond donors (Lipinski definition) is 6. The van der Waals surface area contributed by atoms with Crippen molar-refractivity contribution in [2.75, 3.05) is 38.5 Å². The van der Waals surface area contributed by atoms with Gasteiger partial charge >= 0.3 is 29.6 Å². The van der Waals surface area contributed by atoms with Crippen LogP contribution in [0.2, 0.25) is 5.02 Å². The van der Waals surface area contributed by atoms with Crippen LogP contribution in [0.5, 0.6) is 11.5 Å². The van der Waals surface area contributed by atoms with Gasteiger partial charge in [-0.15, -0.1) is 23.1 Å². The second-order valence-corrected chi connectivity index (χ2v) is 18.2. The van der Waals surface area contributed by atoms with Gasteiger partial charge in [-0.2, -0.15) is 0 Å². The van der Waals surface area contributed by atoms with Gasteiger partial charge in [0.15, 0.2) is 27.9 Å². The van der Waals surface area contributed by atoms with Crippen LogP contribution >= 0.6 is 34.7 Å². The number of thiazole rings is 1. The zero-order valence-corrected chi connectivity index (χ0v) is 36.6. The zero-order chi connectivity index (χ0) is 42.1. The molecule has 19 nitrogen and oxygen atoms in total. The maximum absolute atomic E-state index is 13.6. The quantitative estimate of drug-likeness (QED) is 0.0254. The minimum absolute atomic E-state index is 0. The van der Waals surface area contributed by atoms with Gasteiger partial charge in [-0.3, -0.25) is 24.1 Å². The van der Waals surface area contributed by atoms with Crippen LogP contribution in [0.25, 0.3) is 10.9 Å². The van der Waals surface area contributed by atoms with Gasteiger partial charge in [0.25, 0.3) is 17.7 Å². The van der Waals surface area contributed by atoms with Crippen molar-refractivity contribution < 1.29 is 83.3 Å². The smallest absolute Gasteiger partial charge is 0.546 e. The number of thioether (sulfide) groups is 1. The third-order valence-corrected chi connectivity index (χ3v) is 14.0. The van der Waals surface area contributed by atoms with E-state index in [-0.39, 0.29) is 84.8 Å². The molecule has 1 aromatic carbocycles. The third kappa shape index (κ3) is 8.00. The number of quaternary nitrogens is 1. The number of carboxylic acid groups (broad SMARTS) is 2. The monoisotopic (exact) mass is 880 g/mol. The summed E-state index contributed by atoms with van der Waals surface area (Å²) < 4.78 is 0.567. The van der Waals surface area contributed by atoms with Crippen LogP contribution in [0.3, 0.4) is 0 Å². The number of aliphatic carboxylic acids is 2. The molecule has 3 aromatic rings. The van der Waals surface area contributed by atoms with E-state index in [1.165, 1.54) is 37.2 Å². The molecule has 0 unspecified atom stereocenters. The molecule has 2 aromatic heterocycles. The fourth-order valence-corrected chi connectivity index (χ4v) is 10.2. The second kappa shape index (κ2) is 16.2. The summed E-state index contributed by atoms with van der Waals surface area (Å²) in [6.07, 6.45) is 3.34. The van der Waals surface area contributed by atoms with Crippen LogP contribution in [0, 0.1) is 5.41 Å². The number of anilines is 1. The molecule has 0 spiro atoms. The first kappa shape index (κ1) is 44.2. The number of carbonyl (C=O) groups is 5. The molecule has 3 amide bonds. The Bertz CT molecular complexity index is 2400. The Labute approximate surface area is 370 Å². The van der Waals surface area contributed by atoms with E-state index >= 15 is 0 Å². The van der Waals surface area contributed by atoms with E-state index in [4.69, 9.17) is 22.2 Å². The molecular formula is C36H38ClN8NaO11S2. The number of β-lactam (4-membered cyclic amide) rings is 1. The number of aromatic hydroxyl groups is 2. The number of pyridine rings is 1. The van der Waals surface area contributed by atoms with Gasteiger partial charge in [0.05, 0.1) is 53.2 Å². The van der Waals surface area contributed by atoms with Crippen molar-refractivity contribution in [2.24, 2.45) is 10.6 Å². The summed E-state index contributed by atoms with van der Waals surface area (Å²) in [6.45, 7) is 6.81. The fraction of sp³-hybridized carbons (Fsp3) is 0.444. The number of piperidine rings is 3. The Kier molecular flexibility index (Phi) is 12.2. The molecule has 4 fully saturated rings. The van der Waals surface area contributed by atoms with E-state index in [0.717, 1.165) is 22.3 Å². The molecule has 7 heterocycles. The number of phenolic OH excluding ortho intramolecular Hbond substituents is 2. The number of rotatable bonds is 12. The number of carbonyl (C=O) groups excluding carboxylic acids is 5. The molecule has 0 saturated carbocycles. The first-order chi connectivity index (χ1) is 27.3. The molecule has 308 valence electrons. The van der Waals surface area contributed by atoms with Gasteiger partial charge < -0.3 is 60.7 Å². The van der Waals surface area contributed by atoms with E-state index in [9.17, 15) is 49.2 Å². The van der Waals surface area contributed by atoms with Crippen molar-refractivity contribution in [3.05, 3.63) is 55.4 Å². The topological polar surface area (TPSA) is 293 Å². The van der Waals surface area contributed by atoms with E-state index in [1.54, 1.807) is 0 Å². The molecule has 2 bridgehead atoms. The van der Waals surface area contributed by atoms with Crippen molar-refractivity contribution >= 4 is 86.1 Å². The Morgan fingerprint density at radius 2 is 1.85 bits per heavy atom. The number of nitrogens with one attached hydrogen (secondary N) is 3. The number of nitrogens with two attached hydrogens (primary N) is 1. The average molecular weight is 881 g/mol. The van der Waals surface area contributed by atoms with Crippen LogP contribution in [-0.2, 0) is 24.0 Å². The number of oxime groups is 1. The third-order valence-electron chi connectivity index (χ3n) is 11.5. The van der Waals surface area contributed by atoms with Gasteiger partial charge in [-0.05, 0) is 20.8 Å². The van der Waals surface area contributed by atoms with Crippen LogP contribution in [-0.4, -0.2) is 120 Å². The molecule has 0 aliphatic carbocycles. The molecule has 5 aliphatic heterocycles. The Morgan fingerprint density at radius 3 is 2.44 bits per heavy atom. The number of halogens is 1. The van der Waals surface area contributed by atoms with Crippen LogP contribution < -0.4 is 61.6 Å². The predicted octanol–water partition coefficient (Wildman–Crippen LogP) is -3.89. The van der Waals surface area contributed by atoms with E-state index < -0.39 is 69.3 Å². The summed E-state index contributed by atoms with van der Waals surface area (Å²) in [6, 6.07) is -0.0248. The summed E-state index contributed by atoms with van der Waals surface area (Å²) in [5, 5.41) is 53.1. The Hall–Kier alpha value is -4.38. The number of aromatic amines is 1. The van der Waals surface area contributed by atoms with Crippen molar-refractivity contribution in [3.63, 3.8) is 0 Å². The normalized spacial score (nSPS) is 25.2. The van der Waals surface area contributed by atoms with E-state index in [1.807, 2.05) is 6.92 Å². The minimum atomic E-state index is -1.92. The van der Waals surface area contributed by atoms with Gasteiger partial charge in [0.2, 0.25) is 5.43 Å².